The fourth-order valence-electron chi connectivity index (χ4n) is 4.06. The number of aryl methyl sites for hydroxylation is 1. The van der Waals surface area contributed by atoms with E-state index in [1.165, 1.54) is 4.90 Å². The number of benzene rings is 1. The zero-order chi connectivity index (χ0) is 20.5. The first-order valence-electron chi connectivity index (χ1n) is 10.1. The molecule has 7 heteroatoms. The van der Waals surface area contributed by atoms with Crippen LogP contribution in [-0.4, -0.2) is 41.7 Å². The number of carboxylic acid groups (broad SMARTS) is 1. The Kier molecular flexibility index (Phi) is 5.13. The van der Waals surface area contributed by atoms with Crippen LogP contribution in [-0.2, 0) is 6.42 Å². The molecule has 2 aliphatic heterocycles. The molecule has 1 aromatic carbocycles. The third-order valence-electron chi connectivity index (χ3n) is 5.81. The van der Waals surface area contributed by atoms with Gasteiger partial charge in [-0.25, -0.2) is 9.78 Å². The van der Waals surface area contributed by atoms with Gasteiger partial charge in [0, 0.05) is 31.0 Å². The summed E-state index contributed by atoms with van der Waals surface area (Å²) in [6, 6.07) is 9.07. The predicted molar refractivity (Wildman–Crippen MR) is 113 cm³/mol. The van der Waals surface area contributed by atoms with Crippen molar-refractivity contribution >= 4 is 29.2 Å². The second kappa shape index (κ2) is 7.73. The highest BCUT2D eigenvalue weighted by Gasteiger charge is 2.25. The minimum absolute atomic E-state index is 0.195. The van der Waals surface area contributed by atoms with E-state index in [2.05, 4.69) is 22.1 Å². The average molecular weight is 394 g/mol. The summed E-state index contributed by atoms with van der Waals surface area (Å²) >= 11 is 0. The molecule has 1 aromatic heterocycles. The number of hydrogen-bond acceptors (Lipinski definition) is 4. The molecule has 2 amide bonds. The molecule has 0 saturated carbocycles. The normalized spacial score (nSPS) is 16.6. The van der Waals surface area contributed by atoms with Crippen LogP contribution >= 0.6 is 0 Å². The molecule has 2 aromatic rings. The second-order valence-corrected chi connectivity index (χ2v) is 7.98. The van der Waals surface area contributed by atoms with Crippen molar-refractivity contribution in [2.75, 3.05) is 34.8 Å². The van der Waals surface area contributed by atoms with Crippen LogP contribution in [0.2, 0.25) is 0 Å². The smallest absolute Gasteiger partial charge is 0.411 e. The quantitative estimate of drug-likeness (QED) is 0.824. The number of aromatic nitrogens is 1. The summed E-state index contributed by atoms with van der Waals surface area (Å²) < 4.78 is 0. The first-order valence-corrected chi connectivity index (χ1v) is 10.1. The highest BCUT2D eigenvalue weighted by atomic mass is 16.4. The van der Waals surface area contributed by atoms with Gasteiger partial charge in [0.1, 0.15) is 5.82 Å². The van der Waals surface area contributed by atoms with Gasteiger partial charge in [0.15, 0.2) is 0 Å². The molecule has 1 saturated heterocycles. The van der Waals surface area contributed by atoms with Gasteiger partial charge in [0.25, 0.3) is 5.91 Å². The molecule has 4 rings (SSSR count). The fraction of sp³-hybridized carbons (Fsp3) is 0.409. The zero-order valence-corrected chi connectivity index (χ0v) is 16.8. The van der Waals surface area contributed by atoms with Gasteiger partial charge in [0.2, 0.25) is 0 Å². The Hall–Kier alpha value is -3.09. The van der Waals surface area contributed by atoms with Crippen LogP contribution in [0.1, 0.15) is 41.4 Å². The van der Waals surface area contributed by atoms with Crippen LogP contribution in [0.4, 0.5) is 22.0 Å². The van der Waals surface area contributed by atoms with Crippen LogP contribution < -0.4 is 15.1 Å². The lowest BCUT2D eigenvalue weighted by atomic mass is 9.99. The molecule has 2 N–H and O–H groups in total. The van der Waals surface area contributed by atoms with E-state index < -0.39 is 6.09 Å². The largest absolute Gasteiger partial charge is 0.465 e. The van der Waals surface area contributed by atoms with Gasteiger partial charge in [-0.2, -0.15) is 0 Å². The van der Waals surface area contributed by atoms with Crippen molar-refractivity contribution in [3.05, 3.63) is 47.2 Å². The lowest BCUT2D eigenvalue weighted by Crippen LogP contribution is -2.35. The first kappa shape index (κ1) is 19.2. The topological polar surface area (TPSA) is 85.8 Å². The van der Waals surface area contributed by atoms with E-state index in [-0.39, 0.29) is 5.91 Å². The van der Waals surface area contributed by atoms with Crippen molar-refractivity contribution in [3.63, 3.8) is 0 Å². The molecular formula is C22H26N4O3. The maximum Gasteiger partial charge on any atom is 0.411 e. The Morgan fingerprint density at radius 2 is 1.90 bits per heavy atom. The van der Waals surface area contributed by atoms with Crippen LogP contribution in [0.3, 0.4) is 0 Å². The summed E-state index contributed by atoms with van der Waals surface area (Å²) in [4.78, 5) is 32.5. The standard InChI is InChI=1S/C22H26N4O3/c1-14-7-10-25(11-8-14)20-18(5-3-15(2)23-20)21(27)24-17-4-6-19-16(13-17)9-12-26(19)22(28)29/h3-6,13-14H,7-12H2,1-2H3,(H,24,27)(H,28,29). The fourth-order valence-corrected chi connectivity index (χ4v) is 4.06. The van der Waals surface area contributed by atoms with Crippen LogP contribution in [0, 0.1) is 12.8 Å². The molecule has 2 aliphatic rings. The summed E-state index contributed by atoms with van der Waals surface area (Å²) in [7, 11) is 0. The number of nitrogens with one attached hydrogen (secondary N) is 1. The van der Waals surface area contributed by atoms with Gasteiger partial charge in [0.05, 0.1) is 11.3 Å². The molecule has 0 radical (unpaired) electrons. The van der Waals surface area contributed by atoms with Crippen molar-refractivity contribution < 1.29 is 14.7 Å². The van der Waals surface area contributed by atoms with Gasteiger partial charge in [-0.15, -0.1) is 0 Å². The number of nitrogens with zero attached hydrogens (tertiary/aromatic N) is 3. The molecule has 0 unspecified atom stereocenters. The van der Waals surface area contributed by atoms with E-state index in [0.29, 0.717) is 35.8 Å². The van der Waals surface area contributed by atoms with E-state index >= 15 is 0 Å². The molecule has 0 spiro atoms. The summed E-state index contributed by atoms with van der Waals surface area (Å²) in [6.45, 7) is 6.45. The predicted octanol–water partition coefficient (Wildman–Crippen LogP) is 3.92. The first-order chi connectivity index (χ1) is 13.9. The van der Waals surface area contributed by atoms with Crippen LogP contribution in [0.25, 0.3) is 0 Å². The van der Waals surface area contributed by atoms with Crippen molar-refractivity contribution in [1.82, 2.24) is 4.98 Å². The van der Waals surface area contributed by atoms with E-state index in [9.17, 15) is 14.7 Å². The second-order valence-electron chi connectivity index (χ2n) is 7.98. The molecule has 7 nitrogen and oxygen atoms in total. The maximum atomic E-state index is 13.0. The third-order valence-corrected chi connectivity index (χ3v) is 5.81. The number of carbonyl (C=O) groups excluding carboxylic acids is 1. The summed E-state index contributed by atoms with van der Waals surface area (Å²) in [6.07, 6.45) is 1.89. The molecule has 0 bridgehead atoms. The van der Waals surface area contributed by atoms with E-state index in [4.69, 9.17) is 0 Å². The van der Waals surface area contributed by atoms with Crippen LogP contribution in [0.5, 0.6) is 0 Å². The molecule has 0 atom stereocenters. The Morgan fingerprint density at radius 1 is 1.14 bits per heavy atom. The number of piperidine rings is 1. The highest BCUT2D eigenvalue weighted by Crippen LogP contribution is 2.31. The number of pyridine rings is 1. The van der Waals surface area contributed by atoms with Gasteiger partial charge >= 0.3 is 6.09 Å². The lowest BCUT2D eigenvalue weighted by Gasteiger charge is -2.32. The number of fused-ring (bicyclic) bond motifs is 1. The number of hydrogen-bond donors (Lipinski definition) is 2. The third kappa shape index (κ3) is 3.90. The van der Waals surface area contributed by atoms with Crippen molar-refractivity contribution in [1.29, 1.82) is 0 Å². The number of amides is 2. The molecule has 29 heavy (non-hydrogen) atoms. The molecular weight excluding hydrogens is 368 g/mol. The van der Waals surface area contributed by atoms with E-state index in [0.717, 1.165) is 43.0 Å². The SMILES string of the molecule is Cc1ccc(C(=O)Nc2ccc3c(c2)CCN3C(=O)O)c(N2CCC(C)CC2)n1. The Bertz CT molecular complexity index is 951. The van der Waals surface area contributed by atoms with Gasteiger partial charge in [-0.3, -0.25) is 9.69 Å². The number of carbonyl (C=O) groups is 2. The minimum Gasteiger partial charge on any atom is -0.465 e. The van der Waals surface area contributed by atoms with E-state index in [1.54, 1.807) is 12.1 Å². The molecule has 1 fully saturated rings. The highest BCUT2D eigenvalue weighted by molar-refractivity contribution is 6.07. The Morgan fingerprint density at radius 3 is 2.62 bits per heavy atom. The number of rotatable bonds is 3. The minimum atomic E-state index is -0.952. The van der Waals surface area contributed by atoms with Crippen molar-refractivity contribution in [2.45, 2.75) is 33.1 Å². The van der Waals surface area contributed by atoms with Gasteiger partial charge < -0.3 is 15.3 Å². The van der Waals surface area contributed by atoms with Crippen molar-refractivity contribution in [2.24, 2.45) is 5.92 Å². The van der Waals surface area contributed by atoms with Gasteiger partial charge in [-0.05, 0) is 68.0 Å². The van der Waals surface area contributed by atoms with Crippen molar-refractivity contribution in [3.8, 4) is 0 Å². The molecule has 152 valence electrons. The number of anilines is 3. The Labute approximate surface area is 170 Å². The Balaban J connectivity index is 1.56. The summed E-state index contributed by atoms with van der Waals surface area (Å²) in [5.74, 6) is 1.25. The van der Waals surface area contributed by atoms with Gasteiger partial charge in [-0.1, -0.05) is 6.92 Å². The molecule has 0 aliphatic carbocycles. The summed E-state index contributed by atoms with van der Waals surface area (Å²) in [5, 5.41) is 12.2. The maximum absolute atomic E-state index is 13.0. The monoisotopic (exact) mass is 394 g/mol. The summed E-state index contributed by atoms with van der Waals surface area (Å²) in [5.41, 5.74) is 3.74. The van der Waals surface area contributed by atoms with E-state index in [1.807, 2.05) is 25.1 Å². The average Bonchev–Trinajstić information content (AvgIpc) is 3.12. The molecule has 3 heterocycles. The zero-order valence-electron chi connectivity index (χ0n) is 16.8. The van der Waals surface area contributed by atoms with Crippen LogP contribution in [0.15, 0.2) is 30.3 Å². The lowest BCUT2D eigenvalue weighted by molar-refractivity contribution is 0.102.